The topological polar surface area (TPSA) is 73.2 Å². The number of carboxylic acid groups (broad SMARTS) is 1. The Morgan fingerprint density at radius 2 is 1.80 bits per heavy atom. The summed E-state index contributed by atoms with van der Waals surface area (Å²) in [6.07, 6.45) is 6.24. The van der Waals surface area contributed by atoms with Crippen molar-refractivity contribution in [2.75, 3.05) is 5.75 Å². The first-order valence-electron chi connectivity index (χ1n) is 13.6. The SMILES string of the molecule is CCC(CSC(CCc1cccc(C(C)(C)O)c1)c1cccc(C=Cc2ccc3ccc(Cl)cc3n2)c1)C(=O)[O-].[Na+]. The van der Waals surface area contributed by atoms with Gasteiger partial charge in [-0.1, -0.05) is 85.3 Å². The van der Waals surface area contributed by atoms with Crippen LogP contribution >= 0.6 is 23.4 Å². The van der Waals surface area contributed by atoms with Crippen LogP contribution in [-0.2, 0) is 16.8 Å². The normalized spacial score (nSPS) is 13.2. The Morgan fingerprint density at radius 3 is 2.54 bits per heavy atom. The first-order chi connectivity index (χ1) is 19.1. The molecule has 2 atom stereocenters. The summed E-state index contributed by atoms with van der Waals surface area (Å²) in [5, 5.41) is 23.8. The van der Waals surface area contributed by atoms with Crippen LogP contribution in [0, 0.1) is 5.92 Å². The number of aliphatic hydroxyl groups is 1. The second-order valence-corrected chi connectivity index (χ2v) is 12.3. The van der Waals surface area contributed by atoms with E-state index < -0.39 is 17.5 Å². The fraction of sp³-hybridized carbons (Fsp3) is 0.294. The molecule has 0 saturated heterocycles. The number of hydrogen-bond acceptors (Lipinski definition) is 5. The largest absolute Gasteiger partial charge is 1.00 e. The molecule has 0 aliphatic rings. The molecule has 4 rings (SSSR count). The van der Waals surface area contributed by atoms with Gasteiger partial charge >= 0.3 is 29.6 Å². The molecule has 4 aromatic rings. The van der Waals surface area contributed by atoms with Crippen LogP contribution < -0.4 is 34.7 Å². The van der Waals surface area contributed by atoms with Gasteiger partial charge in [0.25, 0.3) is 0 Å². The Bertz CT molecular complexity index is 1500. The van der Waals surface area contributed by atoms with E-state index in [1.807, 2.05) is 67.6 Å². The maximum atomic E-state index is 11.6. The van der Waals surface area contributed by atoms with Gasteiger partial charge in [0.2, 0.25) is 0 Å². The predicted octanol–water partition coefficient (Wildman–Crippen LogP) is 4.47. The van der Waals surface area contributed by atoms with Crippen LogP contribution in [0.5, 0.6) is 0 Å². The molecule has 0 spiro atoms. The van der Waals surface area contributed by atoms with Crippen LogP contribution in [0.25, 0.3) is 23.1 Å². The van der Waals surface area contributed by atoms with Crippen molar-refractivity contribution < 1.29 is 44.6 Å². The van der Waals surface area contributed by atoms with E-state index in [1.165, 1.54) is 0 Å². The maximum Gasteiger partial charge on any atom is 1.00 e. The minimum atomic E-state index is -0.993. The molecule has 7 heteroatoms. The second kappa shape index (κ2) is 15.4. The molecule has 0 amide bonds. The number of nitrogens with zero attached hydrogens (tertiary/aromatic N) is 1. The number of pyridine rings is 1. The minimum absolute atomic E-state index is 0. The number of rotatable bonds is 12. The van der Waals surface area contributed by atoms with Crippen molar-refractivity contribution in [1.82, 2.24) is 4.98 Å². The molecule has 0 aliphatic heterocycles. The van der Waals surface area contributed by atoms with Crippen molar-refractivity contribution in [2.24, 2.45) is 5.92 Å². The number of aliphatic carboxylic acids is 1. The molecule has 0 fully saturated rings. The molecule has 3 aromatic carbocycles. The molecule has 1 heterocycles. The summed E-state index contributed by atoms with van der Waals surface area (Å²) >= 11 is 7.82. The molecule has 1 N–H and O–H groups in total. The number of aryl methyl sites for hydroxylation is 1. The van der Waals surface area contributed by atoms with E-state index in [1.54, 1.807) is 25.6 Å². The Morgan fingerprint density at radius 1 is 1.05 bits per heavy atom. The summed E-state index contributed by atoms with van der Waals surface area (Å²) in [5.41, 5.74) is 5.03. The number of hydrogen-bond donors (Lipinski definition) is 1. The van der Waals surface area contributed by atoms with Crippen molar-refractivity contribution in [1.29, 1.82) is 0 Å². The molecule has 0 radical (unpaired) electrons. The van der Waals surface area contributed by atoms with Crippen LogP contribution in [0.1, 0.15) is 66.8 Å². The van der Waals surface area contributed by atoms with Gasteiger partial charge in [-0.2, -0.15) is 11.8 Å². The molecule has 0 saturated carbocycles. The molecule has 4 nitrogen and oxygen atoms in total. The zero-order valence-corrected chi connectivity index (χ0v) is 27.7. The summed E-state index contributed by atoms with van der Waals surface area (Å²) in [5.74, 6) is -0.981. The quantitative estimate of drug-likeness (QED) is 0.245. The first-order valence-corrected chi connectivity index (χ1v) is 15.0. The van der Waals surface area contributed by atoms with E-state index >= 15 is 0 Å². The van der Waals surface area contributed by atoms with Gasteiger partial charge in [0.05, 0.1) is 16.8 Å². The zero-order valence-electron chi connectivity index (χ0n) is 24.1. The van der Waals surface area contributed by atoms with Crippen molar-refractivity contribution in [3.8, 4) is 0 Å². The Labute approximate surface area is 274 Å². The monoisotopic (exact) mass is 595 g/mol. The van der Waals surface area contributed by atoms with Crippen LogP contribution in [0.2, 0.25) is 5.02 Å². The van der Waals surface area contributed by atoms with E-state index in [2.05, 4.69) is 30.3 Å². The third-order valence-corrected chi connectivity index (χ3v) is 8.80. The van der Waals surface area contributed by atoms with Crippen LogP contribution in [0.3, 0.4) is 0 Å². The van der Waals surface area contributed by atoms with Crippen LogP contribution in [-0.4, -0.2) is 21.8 Å². The van der Waals surface area contributed by atoms with Gasteiger partial charge in [-0.15, -0.1) is 0 Å². The van der Waals surface area contributed by atoms with Gasteiger partial charge in [0.1, 0.15) is 0 Å². The fourth-order valence-corrected chi connectivity index (χ4v) is 6.21. The number of halogens is 1. The number of benzene rings is 3. The van der Waals surface area contributed by atoms with Crippen molar-refractivity contribution in [3.63, 3.8) is 0 Å². The number of carbonyl (C=O) groups is 1. The smallest absolute Gasteiger partial charge is 0.550 e. The van der Waals surface area contributed by atoms with E-state index in [4.69, 9.17) is 16.6 Å². The second-order valence-electron chi connectivity index (χ2n) is 10.6. The molecular formula is C34H35ClNNaO3S. The molecule has 0 aliphatic carbocycles. The third-order valence-electron chi connectivity index (χ3n) is 7.06. The Hall–Kier alpha value is -2.12. The third kappa shape index (κ3) is 9.71. The number of carboxylic acids is 1. The van der Waals surface area contributed by atoms with Gasteiger partial charge in [-0.3, -0.25) is 0 Å². The molecule has 2 unspecified atom stereocenters. The summed E-state index contributed by atoms with van der Waals surface area (Å²) in [4.78, 5) is 16.3. The van der Waals surface area contributed by atoms with E-state index in [9.17, 15) is 15.0 Å². The van der Waals surface area contributed by atoms with Crippen LogP contribution in [0.4, 0.5) is 0 Å². The number of thioether (sulfide) groups is 1. The Kier molecular flexibility index (Phi) is 12.5. The zero-order chi connectivity index (χ0) is 28.7. The maximum absolute atomic E-state index is 11.6. The molecule has 208 valence electrons. The average Bonchev–Trinajstić information content (AvgIpc) is 2.93. The molecular weight excluding hydrogens is 561 g/mol. The van der Waals surface area contributed by atoms with Crippen molar-refractivity contribution >= 4 is 52.4 Å². The summed E-state index contributed by atoms with van der Waals surface area (Å²) < 4.78 is 0. The fourth-order valence-electron chi connectivity index (χ4n) is 4.58. The summed E-state index contributed by atoms with van der Waals surface area (Å²) in [6, 6.07) is 26.1. The predicted molar refractivity (Wildman–Crippen MR) is 166 cm³/mol. The first kappa shape index (κ1) is 33.4. The Balaban J connectivity index is 0.00000462. The molecule has 0 bridgehead atoms. The molecule has 1 aromatic heterocycles. The van der Waals surface area contributed by atoms with Crippen molar-refractivity contribution in [2.45, 2.75) is 50.9 Å². The van der Waals surface area contributed by atoms with E-state index in [0.29, 0.717) is 17.2 Å². The average molecular weight is 596 g/mol. The minimum Gasteiger partial charge on any atom is -0.550 e. The van der Waals surface area contributed by atoms with Crippen LogP contribution in [0.15, 0.2) is 78.9 Å². The van der Waals surface area contributed by atoms with Gasteiger partial charge in [0.15, 0.2) is 0 Å². The van der Waals surface area contributed by atoms with Gasteiger partial charge < -0.3 is 15.0 Å². The standard InChI is InChI=1S/C34H36ClNO3S.Na/c1-4-25(33(37)38)22-40-32(18-12-24-8-6-10-28(20-24)34(2,3)39)27-9-5-7-23(19-27)11-16-30-17-14-26-13-15-29(35)21-31(26)36-30;/h5-11,13-17,19-21,25,32,39H,4,12,18,22H2,1-3H3,(H,37,38);/q;+1/p-1. The van der Waals surface area contributed by atoms with Gasteiger partial charge in [-0.05, 0) is 79.6 Å². The number of carbonyl (C=O) groups excluding carboxylic acids is 1. The van der Waals surface area contributed by atoms with E-state index in [-0.39, 0.29) is 34.8 Å². The van der Waals surface area contributed by atoms with Gasteiger partial charge in [-0.25, -0.2) is 4.98 Å². The van der Waals surface area contributed by atoms with Crippen molar-refractivity contribution in [3.05, 3.63) is 112 Å². The summed E-state index contributed by atoms with van der Waals surface area (Å²) in [6.45, 7) is 5.47. The molecule has 41 heavy (non-hydrogen) atoms. The van der Waals surface area contributed by atoms with Gasteiger partial charge in [0, 0.05) is 33.3 Å². The van der Waals surface area contributed by atoms with E-state index in [0.717, 1.165) is 51.7 Å². The summed E-state index contributed by atoms with van der Waals surface area (Å²) in [7, 11) is 0. The number of aromatic nitrogens is 1. The number of fused-ring (bicyclic) bond motifs is 1.